The van der Waals surface area contributed by atoms with Crippen LogP contribution in [0.2, 0.25) is 0 Å². The van der Waals surface area contributed by atoms with Crippen LogP contribution >= 0.6 is 0 Å². The van der Waals surface area contributed by atoms with Gasteiger partial charge in [0.2, 0.25) is 16.0 Å². The minimum absolute atomic E-state index is 0.135. The molecule has 0 atom stereocenters. The van der Waals surface area contributed by atoms with Gasteiger partial charge in [-0.1, -0.05) is 12.1 Å². The number of aromatic nitrogens is 4. The Morgan fingerprint density at radius 2 is 1.89 bits per heavy atom. The van der Waals surface area contributed by atoms with Gasteiger partial charge < -0.3 is 10.6 Å². The van der Waals surface area contributed by atoms with Gasteiger partial charge in [-0.2, -0.15) is 10.1 Å². The summed E-state index contributed by atoms with van der Waals surface area (Å²) in [5, 5.41) is 14.0. The van der Waals surface area contributed by atoms with Crippen LogP contribution in [0.15, 0.2) is 65.8 Å². The summed E-state index contributed by atoms with van der Waals surface area (Å²) in [6.45, 7) is 0. The van der Waals surface area contributed by atoms with E-state index < -0.39 is 10.0 Å². The Morgan fingerprint density at radius 3 is 2.75 bits per heavy atom. The third-order valence-electron chi connectivity index (χ3n) is 4.06. The summed E-state index contributed by atoms with van der Waals surface area (Å²) in [5.74, 6) is 0.836. The molecular formula is C18H17N7O2S. The number of benzene rings is 2. The van der Waals surface area contributed by atoms with Crippen molar-refractivity contribution < 1.29 is 8.42 Å². The van der Waals surface area contributed by atoms with E-state index >= 15 is 0 Å². The Kier molecular flexibility index (Phi) is 4.63. The van der Waals surface area contributed by atoms with Crippen LogP contribution in [0, 0.1) is 0 Å². The summed E-state index contributed by atoms with van der Waals surface area (Å²) in [6.07, 6.45) is 3.32. The Bertz CT molecular complexity index is 1240. The minimum Gasteiger partial charge on any atom is -0.339 e. The lowest BCUT2D eigenvalue weighted by molar-refractivity contribution is 0.588. The van der Waals surface area contributed by atoms with E-state index in [1.165, 1.54) is 13.1 Å². The summed E-state index contributed by atoms with van der Waals surface area (Å²) >= 11 is 0. The molecule has 4 rings (SSSR count). The van der Waals surface area contributed by atoms with Gasteiger partial charge in [-0.05, 0) is 43.4 Å². The predicted octanol–water partition coefficient (Wildman–Crippen LogP) is 2.75. The lowest BCUT2D eigenvalue weighted by atomic mass is 10.2. The van der Waals surface area contributed by atoms with Crippen LogP contribution in [0.4, 0.5) is 23.1 Å². The van der Waals surface area contributed by atoms with Crippen molar-refractivity contribution in [2.24, 2.45) is 0 Å². The molecule has 4 aromatic rings. The van der Waals surface area contributed by atoms with Crippen molar-refractivity contribution in [2.45, 2.75) is 4.90 Å². The number of anilines is 4. The first-order valence-electron chi connectivity index (χ1n) is 8.38. The van der Waals surface area contributed by atoms with Crippen LogP contribution < -0.4 is 15.4 Å². The summed E-state index contributed by atoms with van der Waals surface area (Å²) in [5.41, 5.74) is 2.16. The topological polar surface area (TPSA) is 125 Å². The summed E-state index contributed by atoms with van der Waals surface area (Å²) in [6, 6.07) is 14.0. The number of nitrogens with zero attached hydrogens (tertiary/aromatic N) is 3. The highest BCUT2D eigenvalue weighted by molar-refractivity contribution is 7.89. The van der Waals surface area contributed by atoms with Gasteiger partial charge >= 0.3 is 0 Å². The van der Waals surface area contributed by atoms with Crippen molar-refractivity contribution in [2.75, 3.05) is 17.7 Å². The van der Waals surface area contributed by atoms with Gasteiger partial charge in [0.25, 0.3) is 0 Å². The van der Waals surface area contributed by atoms with E-state index in [0.717, 1.165) is 16.6 Å². The number of fused-ring (bicyclic) bond motifs is 1. The van der Waals surface area contributed by atoms with Gasteiger partial charge in [0.15, 0.2) is 0 Å². The number of hydrogen-bond donors (Lipinski definition) is 4. The molecule has 0 bridgehead atoms. The molecule has 4 N–H and O–H groups in total. The second-order valence-electron chi connectivity index (χ2n) is 5.89. The van der Waals surface area contributed by atoms with E-state index in [1.54, 1.807) is 36.7 Å². The Labute approximate surface area is 161 Å². The molecule has 0 spiro atoms. The van der Waals surface area contributed by atoms with Crippen molar-refractivity contribution in [3.63, 3.8) is 0 Å². The van der Waals surface area contributed by atoms with Crippen LogP contribution in [-0.4, -0.2) is 35.6 Å². The molecule has 0 unspecified atom stereocenters. The van der Waals surface area contributed by atoms with Crippen molar-refractivity contribution in [3.8, 4) is 0 Å². The molecule has 2 aromatic carbocycles. The van der Waals surface area contributed by atoms with Crippen LogP contribution in [0.25, 0.3) is 10.9 Å². The van der Waals surface area contributed by atoms with E-state index in [4.69, 9.17) is 0 Å². The van der Waals surface area contributed by atoms with Gasteiger partial charge in [-0.3, -0.25) is 5.10 Å². The number of rotatable bonds is 6. The highest BCUT2D eigenvalue weighted by atomic mass is 32.2. The van der Waals surface area contributed by atoms with Crippen LogP contribution in [0.3, 0.4) is 0 Å². The molecule has 0 aliphatic heterocycles. The second kappa shape index (κ2) is 7.25. The molecule has 28 heavy (non-hydrogen) atoms. The smallest absolute Gasteiger partial charge is 0.242 e. The van der Waals surface area contributed by atoms with E-state index in [0.29, 0.717) is 17.5 Å². The average Bonchev–Trinajstić information content (AvgIpc) is 3.16. The fraction of sp³-hybridized carbons (Fsp3) is 0.0556. The number of sulfonamides is 1. The molecule has 0 aliphatic rings. The van der Waals surface area contributed by atoms with Crippen molar-refractivity contribution >= 4 is 44.1 Å². The zero-order valence-corrected chi connectivity index (χ0v) is 15.7. The summed E-state index contributed by atoms with van der Waals surface area (Å²) in [7, 11) is -2.23. The zero-order chi connectivity index (χ0) is 19.6. The van der Waals surface area contributed by atoms with E-state index in [2.05, 4.69) is 35.5 Å². The molecule has 0 fully saturated rings. The monoisotopic (exact) mass is 395 g/mol. The number of para-hydroxylation sites is 1. The maximum absolute atomic E-state index is 12.2. The standard InChI is InChI=1S/C18H17N7O2S/c1-19-28(26,27)16-5-3-2-4-15(16)23-17-8-9-20-18(24-17)22-13-6-7-14-12(10-13)11-21-25-14/h2-11,19H,1H3,(H,21,25)(H2,20,22,23,24). The maximum Gasteiger partial charge on any atom is 0.242 e. The largest absolute Gasteiger partial charge is 0.339 e. The van der Waals surface area contributed by atoms with Gasteiger partial charge in [0.1, 0.15) is 10.7 Å². The predicted molar refractivity (Wildman–Crippen MR) is 107 cm³/mol. The minimum atomic E-state index is -3.60. The number of nitrogens with one attached hydrogen (secondary N) is 4. The molecule has 0 radical (unpaired) electrons. The van der Waals surface area contributed by atoms with E-state index in [1.807, 2.05) is 18.2 Å². The molecule has 2 aromatic heterocycles. The van der Waals surface area contributed by atoms with Gasteiger partial charge in [0, 0.05) is 17.3 Å². The highest BCUT2D eigenvalue weighted by Gasteiger charge is 2.16. The number of H-pyrrole nitrogens is 1. The lowest BCUT2D eigenvalue weighted by Gasteiger charge is -2.12. The fourth-order valence-corrected chi connectivity index (χ4v) is 3.58. The van der Waals surface area contributed by atoms with Crippen LogP contribution in [-0.2, 0) is 10.0 Å². The lowest BCUT2D eigenvalue weighted by Crippen LogP contribution is -2.19. The summed E-state index contributed by atoms with van der Waals surface area (Å²) < 4.78 is 26.7. The number of hydrogen-bond acceptors (Lipinski definition) is 7. The quantitative estimate of drug-likeness (QED) is 0.396. The molecule has 10 heteroatoms. The SMILES string of the molecule is CNS(=O)(=O)c1ccccc1Nc1ccnc(Nc2ccc3[nH]ncc3c2)n1. The molecule has 0 amide bonds. The Hall–Kier alpha value is -3.50. The van der Waals surface area contributed by atoms with Crippen molar-refractivity contribution in [3.05, 3.63) is 60.9 Å². The van der Waals surface area contributed by atoms with Gasteiger partial charge in [0.05, 0.1) is 17.4 Å². The molecule has 0 saturated heterocycles. The Balaban J connectivity index is 1.60. The maximum atomic E-state index is 12.2. The van der Waals surface area contributed by atoms with Crippen LogP contribution in [0.5, 0.6) is 0 Å². The normalized spacial score (nSPS) is 11.5. The first-order valence-corrected chi connectivity index (χ1v) is 9.86. The first kappa shape index (κ1) is 17.9. The third-order valence-corrected chi connectivity index (χ3v) is 5.53. The molecular weight excluding hydrogens is 378 g/mol. The second-order valence-corrected chi connectivity index (χ2v) is 7.75. The van der Waals surface area contributed by atoms with E-state index in [-0.39, 0.29) is 4.90 Å². The van der Waals surface area contributed by atoms with Gasteiger partial charge in [-0.15, -0.1) is 0 Å². The number of aromatic amines is 1. The molecule has 142 valence electrons. The van der Waals surface area contributed by atoms with Gasteiger partial charge in [-0.25, -0.2) is 18.1 Å². The first-order chi connectivity index (χ1) is 13.5. The highest BCUT2D eigenvalue weighted by Crippen LogP contribution is 2.25. The van der Waals surface area contributed by atoms with E-state index in [9.17, 15) is 8.42 Å². The third kappa shape index (κ3) is 3.63. The Morgan fingerprint density at radius 1 is 1.04 bits per heavy atom. The fourth-order valence-electron chi connectivity index (χ4n) is 2.69. The summed E-state index contributed by atoms with van der Waals surface area (Å²) in [4.78, 5) is 8.76. The van der Waals surface area contributed by atoms with Crippen molar-refractivity contribution in [1.29, 1.82) is 0 Å². The zero-order valence-electron chi connectivity index (χ0n) is 14.8. The molecule has 0 saturated carbocycles. The van der Waals surface area contributed by atoms with Crippen LogP contribution in [0.1, 0.15) is 0 Å². The van der Waals surface area contributed by atoms with Crippen molar-refractivity contribution in [1.82, 2.24) is 24.9 Å². The average molecular weight is 395 g/mol. The molecule has 0 aliphatic carbocycles. The molecule has 9 nitrogen and oxygen atoms in total. The molecule has 2 heterocycles.